The Morgan fingerprint density at radius 3 is 2.68 bits per heavy atom. The lowest BCUT2D eigenvalue weighted by Crippen LogP contribution is -2.39. The number of carbonyl (C=O) groups is 1. The van der Waals surface area contributed by atoms with Crippen LogP contribution in [0.1, 0.15) is 37.8 Å². The molecule has 31 heavy (non-hydrogen) atoms. The van der Waals surface area contributed by atoms with E-state index < -0.39 is 21.3 Å². The third-order valence-corrected chi connectivity index (χ3v) is 6.75. The highest BCUT2D eigenvalue weighted by Gasteiger charge is 2.54. The van der Waals surface area contributed by atoms with Crippen molar-refractivity contribution in [1.82, 2.24) is 14.7 Å². The predicted octanol–water partition coefficient (Wildman–Crippen LogP) is 3.51. The van der Waals surface area contributed by atoms with E-state index >= 15 is 0 Å². The molecule has 1 amide bonds. The number of hydrogen-bond acceptors (Lipinski definition) is 6. The Kier molecular flexibility index (Phi) is 5.43. The van der Waals surface area contributed by atoms with Crippen LogP contribution in [0, 0.1) is 12.8 Å². The zero-order chi connectivity index (χ0) is 22.2. The first-order valence-electron chi connectivity index (χ1n) is 10.2. The first-order chi connectivity index (χ1) is 14.7. The van der Waals surface area contributed by atoms with Crippen molar-refractivity contribution in [2.45, 2.75) is 43.9 Å². The molecule has 2 aromatic heterocycles. The van der Waals surface area contributed by atoms with Gasteiger partial charge in [-0.2, -0.15) is 0 Å². The van der Waals surface area contributed by atoms with E-state index in [1.165, 1.54) is 6.07 Å². The number of rotatable bonds is 7. The molecule has 1 saturated carbocycles. The largest absolute Gasteiger partial charge is 0.477 e. The molecule has 0 atom stereocenters. The number of nitrogens with zero attached hydrogens (tertiary/aromatic N) is 2. The first-order valence-corrected chi connectivity index (χ1v) is 11.7. The number of benzene rings is 1. The van der Waals surface area contributed by atoms with E-state index in [1.54, 1.807) is 36.7 Å². The molecule has 1 aliphatic rings. The molecule has 7 nitrogen and oxygen atoms in total. The van der Waals surface area contributed by atoms with E-state index in [1.807, 2.05) is 26.8 Å². The van der Waals surface area contributed by atoms with Crippen LogP contribution in [0.3, 0.4) is 0 Å². The van der Waals surface area contributed by atoms with Crippen molar-refractivity contribution in [3.05, 3.63) is 59.9 Å². The number of aryl methyl sites for hydroxylation is 1. The summed E-state index contributed by atoms with van der Waals surface area (Å²) in [6.07, 6.45) is 4.36. The van der Waals surface area contributed by atoms with Gasteiger partial charge in [0, 0.05) is 23.3 Å². The van der Waals surface area contributed by atoms with Crippen molar-refractivity contribution in [2.24, 2.45) is 5.92 Å². The van der Waals surface area contributed by atoms with Crippen molar-refractivity contribution >= 4 is 26.8 Å². The zero-order valence-corrected chi connectivity index (χ0v) is 18.6. The van der Waals surface area contributed by atoms with Gasteiger partial charge in [0.05, 0.1) is 22.4 Å². The van der Waals surface area contributed by atoms with Crippen LogP contribution in [0.15, 0.2) is 53.7 Å². The molecule has 0 bridgehead atoms. The Morgan fingerprint density at radius 2 is 1.97 bits per heavy atom. The van der Waals surface area contributed by atoms with Crippen molar-refractivity contribution in [1.29, 1.82) is 0 Å². The minimum absolute atomic E-state index is 0.0286. The molecule has 0 radical (unpaired) electrons. The average molecular weight is 440 g/mol. The molecule has 1 N–H and O–H groups in total. The van der Waals surface area contributed by atoms with Gasteiger partial charge < -0.3 is 4.74 Å². The number of aromatic nitrogens is 2. The summed E-state index contributed by atoms with van der Waals surface area (Å²) in [7, 11) is -4.09. The van der Waals surface area contributed by atoms with Crippen LogP contribution in [-0.4, -0.2) is 30.9 Å². The van der Waals surface area contributed by atoms with Crippen LogP contribution in [0.4, 0.5) is 0 Å². The monoisotopic (exact) mass is 439 g/mol. The summed E-state index contributed by atoms with van der Waals surface area (Å²) in [6, 6.07) is 10.0. The normalized spacial score (nSPS) is 15.1. The summed E-state index contributed by atoms with van der Waals surface area (Å²) >= 11 is 0. The number of fused-ring (bicyclic) bond motifs is 1. The van der Waals surface area contributed by atoms with Gasteiger partial charge in [-0.05, 0) is 61.6 Å². The number of carbonyl (C=O) groups excluding carboxylic acids is 1. The van der Waals surface area contributed by atoms with Crippen molar-refractivity contribution in [3.8, 4) is 5.88 Å². The Labute approximate surface area is 181 Å². The van der Waals surface area contributed by atoms with Crippen molar-refractivity contribution < 1.29 is 17.9 Å². The number of hydrogen-bond donors (Lipinski definition) is 1. The molecule has 4 rings (SSSR count). The van der Waals surface area contributed by atoms with Gasteiger partial charge in [-0.3, -0.25) is 9.78 Å². The van der Waals surface area contributed by atoms with Gasteiger partial charge in [-0.1, -0.05) is 19.9 Å². The third kappa shape index (κ3) is 4.12. The molecule has 0 spiro atoms. The maximum atomic E-state index is 13.3. The van der Waals surface area contributed by atoms with E-state index in [0.29, 0.717) is 47.7 Å². The molecule has 2 heterocycles. The first kappa shape index (κ1) is 21.2. The van der Waals surface area contributed by atoms with Gasteiger partial charge in [-0.15, -0.1) is 0 Å². The van der Waals surface area contributed by atoms with Crippen molar-refractivity contribution in [3.63, 3.8) is 0 Å². The van der Waals surface area contributed by atoms with Crippen LogP contribution in [0.5, 0.6) is 5.88 Å². The molecule has 1 aliphatic carbocycles. The number of ether oxygens (including phenoxy) is 1. The highest BCUT2D eigenvalue weighted by molar-refractivity contribution is 7.90. The Morgan fingerprint density at radius 1 is 1.19 bits per heavy atom. The molecule has 1 aromatic carbocycles. The minimum atomic E-state index is -4.09. The third-order valence-electron chi connectivity index (χ3n) is 5.36. The fraction of sp³-hybridized carbons (Fsp3) is 0.348. The quantitative estimate of drug-likeness (QED) is 0.605. The number of pyridine rings is 2. The summed E-state index contributed by atoms with van der Waals surface area (Å²) in [5.74, 6) is 0.120. The van der Waals surface area contributed by atoms with Crippen LogP contribution >= 0.6 is 0 Å². The predicted molar refractivity (Wildman–Crippen MR) is 117 cm³/mol. The van der Waals surface area contributed by atoms with Gasteiger partial charge in [0.15, 0.2) is 0 Å². The second-order valence-electron chi connectivity index (χ2n) is 8.41. The lowest BCUT2D eigenvalue weighted by atomic mass is 9.95. The van der Waals surface area contributed by atoms with E-state index in [0.717, 1.165) is 5.56 Å². The topological polar surface area (TPSA) is 98.2 Å². The fourth-order valence-electron chi connectivity index (χ4n) is 3.59. The highest BCUT2D eigenvalue weighted by atomic mass is 32.2. The van der Waals surface area contributed by atoms with Gasteiger partial charge >= 0.3 is 0 Å². The molecule has 1 fully saturated rings. The molecule has 162 valence electrons. The van der Waals surface area contributed by atoms with Crippen LogP contribution in [0.2, 0.25) is 0 Å². The summed E-state index contributed by atoms with van der Waals surface area (Å²) in [4.78, 5) is 21.9. The molecule has 3 aromatic rings. The molecule has 0 unspecified atom stereocenters. The summed E-state index contributed by atoms with van der Waals surface area (Å²) in [5, 5.41) is 0.466. The summed E-state index contributed by atoms with van der Waals surface area (Å²) in [5.41, 5.74) is 1.11. The van der Waals surface area contributed by atoms with E-state index in [-0.39, 0.29) is 4.90 Å². The molecular weight excluding hydrogens is 414 g/mol. The minimum Gasteiger partial charge on any atom is -0.477 e. The smallest absolute Gasteiger partial charge is 0.264 e. The standard InChI is InChI=1S/C23H25N3O4S/c1-15(2)14-30-21-18(12-16(3)13-25-21)23(9-10-23)22(27)26-31(28,29)20-8-4-7-19-17(20)6-5-11-24-19/h4-8,11-13,15H,9-10,14H2,1-3H3,(H,26,27). The van der Waals surface area contributed by atoms with Crippen molar-refractivity contribution in [2.75, 3.05) is 6.61 Å². The van der Waals surface area contributed by atoms with E-state index in [2.05, 4.69) is 14.7 Å². The maximum Gasteiger partial charge on any atom is 0.264 e. The highest BCUT2D eigenvalue weighted by Crippen LogP contribution is 2.51. The molecular formula is C23H25N3O4S. The molecule has 8 heteroatoms. The van der Waals surface area contributed by atoms with Gasteiger partial charge in [0.25, 0.3) is 10.0 Å². The second kappa shape index (κ2) is 7.92. The van der Waals surface area contributed by atoms with Gasteiger partial charge in [-0.25, -0.2) is 18.1 Å². The lowest BCUT2D eigenvalue weighted by Gasteiger charge is -2.20. The lowest BCUT2D eigenvalue weighted by molar-refractivity contribution is -0.121. The maximum absolute atomic E-state index is 13.3. The number of nitrogens with one attached hydrogen (secondary N) is 1. The molecule has 0 aliphatic heterocycles. The van der Waals surface area contributed by atoms with Crippen LogP contribution in [-0.2, 0) is 20.2 Å². The average Bonchev–Trinajstić information content (AvgIpc) is 3.54. The van der Waals surface area contributed by atoms with E-state index in [9.17, 15) is 13.2 Å². The fourth-order valence-corrected chi connectivity index (χ4v) is 4.86. The summed E-state index contributed by atoms with van der Waals surface area (Å²) < 4.78 is 34.4. The van der Waals surface area contributed by atoms with Gasteiger partial charge in [0.2, 0.25) is 11.8 Å². The SMILES string of the molecule is Cc1cnc(OCC(C)C)c(C2(C(=O)NS(=O)(=O)c3cccc4ncccc34)CC2)c1. The van der Waals surface area contributed by atoms with Gasteiger partial charge in [0.1, 0.15) is 0 Å². The second-order valence-corrected chi connectivity index (χ2v) is 10.1. The Bertz CT molecular complexity index is 1250. The Hall–Kier alpha value is -3.00. The molecule has 0 saturated heterocycles. The van der Waals surface area contributed by atoms with E-state index in [4.69, 9.17) is 4.74 Å². The number of amides is 1. The zero-order valence-electron chi connectivity index (χ0n) is 17.8. The summed E-state index contributed by atoms with van der Waals surface area (Å²) in [6.45, 7) is 6.40. The Balaban J connectivity index is 1.67. The van der Waals surface area contributed by atoms with Crippen LogP contribution < -0.4 is 9.46 Å². The van der Waals surface area contributed by atoms with Crippen LogP contribution in [0.25, 0.3) is 10.9 Å². The number of sulfonamides is 1.